The molecule has 9 heavy (non-hydrogen) atoms. The van der Waals surface area contributed by atoms with Crippen molar-refractivity contribution in [3.63, 3.8) is 0 Å². The van der Waals surface area contributed by atoms with Crippen LogP contribution in [0.25, 0.3) is 0 Å². The topological polar surface area (TPSA) is 55.4 Å². The summed E-state index contributed by atoms with van der Waals surface area (Å²) in [7, 11) is 0. The fourth-order valence-electron chi connectivity index (χ4n) is 0.639. The molecule has 0 aliphatic carbocycles. The summed E-state index contributed by atoms with van der Waals surface area (Å²) in [5.74, 6) is 0.403. The minimum Gasteiger partial charge on any atom is -0.368 e. The van der Waals surface area contributed by atoms with E-state index in [0.29, 0.717) is 0 Å². The highest BCUT2D eigenvalue weighted by molar-refractivity contribution is 8.14. The van der Waals surface area contributed by atoms with E-state index >= 15 is 0 Å². The average Bonchev–Trinajstić information content (AvgIpc) is 2.14. The average molecular weight is 144 g/mol. The van der Waals surface area contributed by atoms with Crippen molar-refractivity contribution < 1.29 is 4.79 Å². The molecule has 0 spiro atoms. The third-order valence-corrected chi connectivity index (χ3v) is 2.12. The zero-order chi connectivity index (χ0) is 6.85. The lowest BCUT2D eigenvalue weighted by molar-refractivity contribution is -0.118. The normalized spacial score (nSPS) is 25.9. The first-order valence-electron chi connectivity index (χ1n) is 2.66. The summed E-state index contributed by atoms with van der Waals surface area (Å²) in [4.78, 5) is 14.4. The predicted molar refractivity (Wildman–Crippen MR) is 38.5 cm³/mol. The molecule has 4 heteroatoms. The van der Waals surface area contributed by atoms with E-state index in [2.05, 4.69) is 4.99 Å². The van der Waals surface area contributed by atoms with Crippen LogP contribution in [0, 0.1) is 0 Å². The fraction of sp³-hybridized carbons (Fsp3) is 0.600. The standard InChI is InChI=1S/C5H8N2OS/c1-3-7-4(2-9-3)5(6)8/h4H,2H2,1H3,(H2,6,8). The van der Waals surface area contributed by atoms with Gasteiger partial charge in [0.25, 0.3) is 0 Å². The molecule has 0 saturated heterocycles. The van der Waals surface area contributed by atoms with Crippen LogP contribution in [0.15, 0.2) is 4.99 Å². The predicted octanol–water partition coefficient (Wildman–Crippen LogP) is 0.00550. The van der Waals surface area contributed by atoms with Gasteiger partial charge in [-0.25, -0.2) is 0 Å². The Morgan fingerprint density at radius 1 is 2.00 bits per heavy atom. The largest absolute Gasteiger partial charge is 0.368 e. The summed E-state index contributed by atoms with van der Waals surface area (Å²) in [6.45, 7) is 1.88. The summed E-state index contributed by atoms with van der Waals surface area (Å²) < 4.78 is 0. The van der Waals surface area contributed by atoms with Crippen LogP contribution in [0.3, 0.4) is 0 Å². The Bertz CT molecular complexity index is 166. The van der Waals surface area contributed by atoms with Crippen molar-refractivity contribution in [1.82, 2.24) is 0 Å². The lowest BCUT2D eigenvalue weighted by atomic mass is 10.3. The molecule has 1 rings (SSSR count). The molecular formula is C5H8N2OS. The SMILES string of the molecule is CC1=NC(C(N)=O)CS1. The summed E-state index contributed by atoms with van der Waals surface area (Å²) in [6, 6.07) is -0.269. The van der Waals surface area contributed by atoms with E-state index < -0.39 is 0 Å². The molecular weight excluding hydrogens is 136 g/mol. The van der Waals surface area contributed by atoms with E-state index in [-0.39, 0.29) is 11.9 Å². The Morgan fingerprint density at radius 3 is 2.89 bits per heavy atom. The molecule has 1 unspecified atom stereocenters. The van der Waals surface area contributed by atoms with Crippen LogP contribution in [-0.2, 0) is 4.79 Å². The molecule has 0 saturated carbocycles. The molecule has 1 amide bonds. The van der Waals surface area contributed by atoms with Gasteiger partial charge >= 0.3 is 0 Å². The maximum absolute atomic E-state index is 10.4. The van der Waals surface area contributed by atoms with Gasteiger partial charge in [0.15, 0.2) is 0 Å². The Hall–Kier alpha value is -0.510. The molecule has 0 radical (unpaired) electrons. The molecule has 0 fully saturated rings. The van der Waals surface area contributed by atoms with E-state index in [4.69, 9.17) is 5.73 Å². The van der Waals surface area contributed by atoms with Crippen LogP contribution >= 0.6 is 11.8 Å². The van der Waals surface area contributed by atoms with Crippen LogP contribution in [0.4, 0.5) is 0 Å². The van der Waals surface area contributed by atoms with E-state index in [9.17, 15) is 4.79 Å². The van der Waals surface area contributed by atoms with Crippen molar-refractivity contribution in [3.8, 4) is 0 Å². The lowest BCUT2D eigenvalue weighted by Crippen LogP contribution is -2.26. The number of hydrogen-bond acceptors (Lipinski definition) is 3. The molecule has 1 aliphatic heterocycles. The Balaban J connectivity index is 2.57. The number of primary amides is 1. The minimum atomic E-state index is -0.320. The quantitative estimate of drug-likeness (QED) is 0.563. The molecule has 0 aromatic carbocycles. The van der Waals surface area contributed by atoms with Crippen molar-refractivity contribution in [1.29, 1.82) is 0 Å². The molecule has 0 aromatic rings. The molecule has 2 N–H and O–H groups in total. The van der Waals surface area contributed by atoms with Gasteiger partial charge in [-0.05, 0) is 6.92 Å². The van der Waals surface area contributed by atoms with Gasteiger partial charge in [0, 0.05) is 5.75 Å². The van der Waals surface area contributed by atoms with Crippen molar-refractivity contribution in [2.24, 2.45) is 10.7 Å². The number of nitrogens with two attached hydrogens (primary N) is 1. The van der Waals surface area contributed by atoms with Gasteiger partial charge in [-0.2, -0.15) is 0 Å². The van der Waals surface area contributed by atoms with E-state index in [1.54, 1.807) is 11.8 Å². The molecule has 3 nitrogen and oxygen atoms in total. The Labute approximate surface area is 57.7 Å². The molecule has 50 valence electrons. The van der Waals surface area contributed by atoms with Gasteiger partial charge in [-0.1, -0.05) is 0 Å². The highest BCUT2D eigenvalue weighted by atomic mass is 32.2. The van der Waals surface area contributed by atoms with Crippen molar-refractivity contribution in [3.05, 3.63) is 0 Å². The monoisotopic (exact) mass is 144 g/mol. The van der Waals surface area contributed by atoms with E-state index in [0.717, 1.165) is 10.8 Å². The first-order chi connectivity index (χ1) is 4.20. The van der Waals surface area contributed by atoms with E-state index in [1.165, 1.54) is 0 Å². The fourth-order valence-corrected chi connectivity index (χ4v) is 1.48. The zero-order valence-electron chi connectivity index (χ0n) is 5.13. The van der Waals surface area contributed by atoms with Crippen molar-refractivity contribution in [2.45, 2.75) is 13.0 Å². The molecule has 1 aliphatic rings. The molecule has 0 bridgehead atoms. The maximum atomic E-state index is 10.4. The van der Waals surface area contributed by atoms with Crippen molar-refractivity contribution >= 4 is 22.7 Å². The highest BCUT2D eigenvalue weighted by Gasteiger charge is 2.19. The highest BCUT2D eigenvalue weighted by Crippen LogP contribution is 2.16. The summed E-state index contributed by atoms with van der Waals surface area (Å²) in [6.07, 6.45) is 0. The first-order valence-corrected chi connectivity index (χ1v) is 3.65. The van der Waals surface area contributed by atoms with Gasteiger partial charge in [-0.15, -0.1) is 11.8 Å². The van der Waals surface area contributed by atoms with Gasteiger partial charge in [0.1, 0.15) is 6.04 Å². The number of nitrogens with zero attached hydrogens (tertiary/aromatic N) is 1. The second-order valence-corrected chi connectivity index (χ2v) is 3.09. The van der Waals surface area contributed by atoms with E-state index in [1.807, 2.05) is 6.92 Å². The third-order valence-electron chi connectivity index (χ3n) is 1.12. The molecule has 1 heterocycles. The summed E-state index contributed by atoms with van der Waals surface area (Å²) in [5, 5.41) is 0.957. The zero-order valence-corrected chi connectivity index (χ0v) is 5.94. The smallest absolute Gasteiger partial charge is 0.243 e. The number of aliphatic imine (C=N–C) groups is 1. The van der Waals surface area contributed by atoms with Crippen LogP contribution in [0.2, 0.25) is 0 Å². The number of carbonyl (C=O) groups is 1. The van der Waals surface area contributed by atoms with Crippen LogP contribution < -0.4 is 5.73 Å². The van der Waals surface area contributed by atoms with Gasteiger partial charge in [-0.3, -0.25) is 9.79 Å². The second kappa shape index (κ2) is 2.39. The van der Waals surface area contributed by atoms with Crippen LogP contribution in [0.1, 0.15) is 6.92 Å². The lowest BCUT2D eigenvalue weighted by Gasteiger charge is -1.95. The van der Waals surface area contributed by atoms with Gasteiger partial charge < -0.3 is 5.73 Å². The number of rotatable bonds is 1. The second-order valence-electron chi connectivity index (χ2n) is 1.88. The maximum Gasteiger partial charge on any atom is 0.243 e. The molecule has 0 aromatic heterocycles. The van der Waals surface area contributed by atoms with Crippen LogP contribution in [0.5, 0.6) is 0 Å². The number of carbonyl (C=O) groups excluding carboxylic acids is 1. The van der Waals surface area contributed by atoms with Gasteiger partial charge in [0.05, 0.1) is 5.04 Å². The summed E-state index contributed by atoms with van der Waals surface area (Å²) in [5.41, 5.74) is 5.00. The Kier molecular flexibility index (Phi) is 1.75. The number of amides is 1. The summed E-state index contributed by atoms with van der Waals surface area (Å²) >= 11 is 1.58. The first kappa shape index (κ1) is 6.61. The molecule has 1 atom stereocenters. The van der Waals surface area contributed by atoms with Crippen LogP contribution in [-0.4, -0.2) is 22.7 Å². The minimum absolute atomic E-state index is 0.269. The number of thioether (sulfide) groups is 1. The third kappa shape index (κ3) is 1.45. The van der Waals surface area contributed by atoms with Crippen molar-refractivity contribution in [2.75, 3.05) is 5.75 Å². The Morgan fingerprint density at radius 2 is 2.67 bits per heavy atom. The van der Waals surface area contributed by atoms with Gasteiger partial charge in [0.2, 0.25) is 5.91 Å². The number of hydrogen-bond donors (Lipinski definition) is 1.